The van der Waals surface area contributed by atoms with Crippen molar-refractivity contribution in [3.8, 4) is 33.4 Å². The van der Waals surface area contributed by atoms with Crippen LogP contribution in [0.5, 0.6) is 0 Å². The molecule has 0 saturated heterocycles. The first-order valence-electron chi connectivity index (χ1n) is 13.3. The van der Waals surface area contributed by atoms with E-state index in [9.17, 15) is 0 Å². The van der Waals surface area contributed by atoms with Crippen molar-refractivity contribution >= 4 is 38.7 Å². The molecule has 0 aliphatic heterocycles. The summed E-state index contributed by atoms with van der Waals surface area (Å²) in [6.07, 6.45) is 1.90. The number of anilines is 3. The quantitative estimate of drug-likeness (QED) is 0.241. The summed E-state index contributed by atoms with van der Waals surface area (Å²) in [5.41, 5.74) is 9.87. The summed E-state index contributed by atoms with van der Waals surface area (Å²) in [6, 6.07) is 49.9. The summed E-state index contributed by atoms with van der Waals surface area (Å²) in [5, 5.41) is 4.93. The number of benzene rings is 6. The maximum Gasteiger partial charge on any atom is 0.145 e. The van der Waals surface area contributed by atoms with Crippen molar-refractivity contribution in [3.63, 3.8) is 0 Å². The van der Waals surface area contributed by atoms with Crippen LogP contribution in [-0.2, 0) is 0 Å². The monoisotopic (exact) mass is 496 g/mol. The topological polar surface area (TPSA) is 16.1 Å². The molecule has 0 spiro atoms. The summed E-state index contributed by atoms with van der Waals surface area (Å²) in [5.74, 6) is 0.923. The van der Waals surface area contributed by atoms with E-state index in [4.69, 9.17) is 4.98 Å². The molecule has 7 aromatic rings. The van der Waals surface area contributed by atoms with Gasteiger partial charge in [-0.25, -0.2) is 4.98 Å². The van der Waals surface area contributed by atoms with Crippen LogP contribution in [-0.4, -0.2) is 4.98 Å². The highest BCUT2D eigenvalue weighted by Gasteiger charge is 2.23. The van der Waals surface area contributed by atoms with Crippen molar-refractivity contribution in [3.05, 3.63) is 146 Å². The minimum Gasteiger partial charge on any atom is -0.295 e. The molecule has 1 aliphatic rings. The third kappa shape index (κ3) is 3.39. The molecule has 8 rings (SSSR count). The van der Waals surface area contributed by atoms with E-state index in [1.165, 1.54) is 49.5 Å². The fraction of sp³-hybridized carbons (Fsp3) is 0. The maximum absolute atomic E-state index is 4.89. The van der Waals surface area contributed by atoms with Crippen molar-refractivity contribution < 1.29 is 0 Å². The van der Waals surface area contributed by atoms with Crippen LogP contribution in [0.25, 0.3) is 54.9 Å². The second-order valence-corrected chi connectivity index (χ2v) is 10.0. The fourth-order valence-electron chi connectivity index (χ4n) is 6.13. The van der Waals surface area contributed by atoms with Crippen molar-refractivity contribution in [2.24, 2.45) is 0 Å². The van der Waals surface area contributed by atoms with E-state index in [2.05, 4.69) is 144 Å². The number of fused-ring (bicyclic) bond motifs is 4. The molecule has 0 fully saturated rings. The lowest BCUT2D eigenvalue weighted by atomic mass is 9.94. The Labute approximate surface area is 227 Å². The Hall–Kier alpha value is -5.21. The summed E-state index contributed by atoms with van der Waals surface area (Å²) in [4.78, 5) is 7.16. The molecule has 0 atom stereocenters. The van der Waals surface area contributed by atoms with Gasteiger partial charge in [-0.1, -0.05) is 109 Å². The molecule has 2 heteroatoms. The zero-order valence-electron chi connectivity index (χ0n) is 21.3. The molecule has 0 N–H and O–H groups in total. The Morgan fingerprint density at radius 2 is 1.08 bits per heavy atom. The molecule has 1 aromatic heterocycles. The summed E-state index contributed by atoms with van der Waals surface area (Å²) < 4.78 is 0. The molecule has 2 nitrogen and oxygen atoms in total. The number of nitrogens with zero attached hydrogens (tertiary/aromatic N) is 2. The molecule has 0 unspecified atom stereocenters. The second-order valence-electron chi connectivity index (χ2n) is 10.0. The average Bonchev–Trinajstić information content (AvgIpc) is 3.34. The van der Waals surface area contributed by atoms with Crippen LogP contribution in [0.2, 0.25) is 0 Å². The Morgan fingerprint density at radius 1 is 0.436 bits per heavy atom. The number of hydrogen-bond donors (Lipinski definition) is 0. The lowest BCUT2D eigenvalue weighted by Crippen LogP contribution is -2.12. The first-order valence-corrected chi connectivity index (χ1v) is 13.3. The van der Waals surface area contributed by atoms with E-state index in [-0.39, 0.29) is 0 Å². The minimum absolute atomic E-state index is 0.923. The highest BCUT2D eigenvalue weighted by molar-refractivity contribution is 6.18. The SMILES string of the molecule is c1ccc(N(c2cccc(-c3ccc4c5c(cccc35)-c3ccccc3-4)c2)c2nccc3ccccc23)cc1. The predicted molar refractivity (Wildman–Crippen MR) is 164 cm³/mol. The molecular weight excluding hydrogens is 472 g/mol. The third-order valence-electron chi connectivity index (χ3n) is 7.84. The highest BCUT2D eigenvalue weighted by Crippen LogP contribution is 2.49. The van der Waals surface area contributed by atoms with Crippen molar-refractivity contribution in [1.29, 1.82) is 0 Å². The van der Waals surface area contributed by atoms with Crippen LogP contribution in [0.4, 0.5) is 17.2 Å². The molecule has 0 bridgehead atoms. The van der Waals surface area contributed by atoms with Gasteiger partial charge in [0, 0.05) is 23.0 Å². The molecule has 39 heavy (non-hydrogen) atoms. The van der Waals surface area contributed by atoms with Crippen LogP contribution in [0.3, 0.4) is 0 Å². The Kier molecular flexibility index (Phi) is 4.86. The van der Waals surface area contributed by atoms with Crippen LogP contribution in [0.1, 0.15) is 0 Å². The third-order valence-corrected chi connectivity index (χ3v) is 7.84. The minimum atomic E-state index is 0.923. The van der Waals surface area contributed by atoms with Crippen molar-refractivity contribution in [1.82, 2.24) is 4.98 Å². The smallest absolute Gasteiger partial charge is 0.145 e. The number of pyridine rings is 1. The lowest BCUT2D eigenvalue weighted by Gasteiger charge is -2.26. The van der Waals surface area contributed by atoms with E-state index in [0.717, 1.165) is 22.6 Å². The molecule has 182 valence electrons. The average molecular weight is 497 g/mol. The molecule has 0 saturated carbocycles. The van der Waals surface area contributed by atoms with Gasteiger partial charge in [0.1, 0.15) is 5.82 Å². The van der Waals surface area contributed by atoms with E-state index < -0.39 is 0 Å². The van der Waals surface area contributed by atoms with E-state index in [1.54, 1.807) is 0 Å². The Balaban J connectivity index is 1.34. The summed E-state index contributed by atoms with van der Waals surface area (Å²) >= 11 is 0. The number of aromatic nitrogens is 1. The normalized spacial score (nSPS) is 11.6. The fourth-order valence-corrected chi connectivity index (χ4v) is 6.13. The van der Waals surface area contributed by atoms with Gasteiger partial charge in [0.05, 0.1) is 0 Å². The van der Waals surface area contributed by atoms with Crippen molar-refractivity contribution in [2.45, 2.75) is 0 Å². The van der Waals surface area contributed by atoms with E-state index in [0.29, 0.717) is 0 Å². The molecule has 1 aliphatic carbocycles. The zero-order valence-corrected chi connectivity index (χ0v) is 21.3. The maximum atomic E-state index is 4.89. The summed E-state index contributed by atoms with van der Waals surface area (Å²) in [7, 11) is 0. The van der Waals surface area contributed by atoms with Gasteiger partial charge in [-0.15, -0.1) is 0 Å². The van der Waals surface area contributed by atoms with Gasteiger partial charge >= 0.3 is 0 Å². The van der Waals surface area contributed by atoms with E-state index in [1.807, 2.05) is 6.20 Å². The first kappa shape index (κ1) is 21.8. The van der Waals surface area contributed by atoms with Crippen molar-refractivity contribution in [2.75, 3.05) is 4.90 Å². The van der Waals surface area contributed by atoms with E-state index >= 15 is 0 Å². The summed E-state index contributed by atoms with van der Waals surface area (Å²) in [6.45, 7) is 0. The van der Waals surface area contributed by atoms with Gasteiger partial charge in [0.25, 0.3) is 0 Å². The molecular formula is C37H24N2. The standard InChI is InChI=1S/C37H24N2/c1-2-12-27(13-3-1)39(37-30-15-5-4-10-25(30)22-23-38-37)28-14-8-11-26(24-28)29-20-21-35-32-17-7-6-16-31(32)34-19-9-18-33(29)36(34)35/h1-24H. The van der Waals surface area contributed by atoms with Gasteiger partial charge < -0.3 is 0 Å². The largest absolute Gasteiger partial charge is 0.295 e. The van der Waals surface area contributed by atoms with Gasteiger partial charge in [-0.05, 0) is 79.9 Å². The molecule has 1 heterocycles. The van der Waals surface area contributed by atoms with Gasteiger partial charge in [0.15, 0.2) is 0 Å². The van der Waals surface area contributed by atoms with Crippen LogP contribution in [0, 0.1) is 0 Å². The molecule has 0 radical (unpaired) electrons. The predicted octanol–water partition coefficient (Wildman–Crippen LogP) is 10.2. The lowest BCUT2D eigenvalue weighted by molar-refractivity contribution is 1.20. The highest BCUT2D eigenvalue weighted by atomic mass is 15.2. The van der Waals surface area contributed by atoms with Crippen LogP contribution in [0.15, 0.2) is 146 Å². The number of hydrogen-bond acceptors (Lipinski definition) is 2. The Bertz CT molecular complexity index is 1990. The molecule has 6 aromatic carbocycles. The van der Waals surface area contributed by atoms with Gasteiger partial charge in [-0.3, -0.25) is 4.90 Å². The number of para-hydroxylation sites is 1. The number of rotatable bonds is 4. The van der Waals surface area contributed by atoms with Gasteiger partial charge in [0.2, 0.25) is 0 Å². The van der Waals surface area contributed by atoms with Crippen LogP contribution >= 0.6 is 0 Å². The Morgan fingerprint density at radius 3 is 1.95 bits per heavy atom. The molecule has 0 amide bonds. The zero-order chi connectivity index (χ0) is 25.8. The van der Waals surface area contributed by atoms with Crippen LogP contribution < -0.4 is 4.90 Å². The van der Waals surface area contributed by atoms with Gasteiger partial charge in [-0.2, -0.15) is 0 Å². The first-order chi connectivity index (χ1) is 19.4. The second kappa shape index (κ2) is 8.68.